The Morgan fingerprint density at radius 3 is 2.19 bits per heavy atom. The van der Waals surface area contributed by atoms with Gasteiger partial charge in [-0.05, 0) is 24.3 Å². The minimum Gasteiger partial charge on any atom is -0.347 e. The number of aromatic nitrogens is 1. The lowest BCUT2D eigenvalue weighted by Gasteiger charge is -2.34. The lowest BCUT2D eigenvalue weighted by atomic mass is 10.3. The van der Waals surface area contributed by atoms with Gasteiger partial charge in [-0.25, -0.2) is 8.42 Å². The Hall–Kier alpha value is -2.72. The molecule has 0 atom stereocenters. The van der Waals surface area contributed by atoms with E-state index in [0.29, 0.717) is 5.69 Å². The first-order valence-corrected chi connectivity index (χ1v) is 9.40. The minimum absolute atomic E-state index is 0.00492. The van der Waals surface area contributed by atoms with Crippen molar-refractivity contribution in [3.05, 3.63) is 58.4 Å². The number of hydrogen-bond donors (Lipinski definition) is 0. The smallest absolute Gasteiger partial charge is 0.270 e. The quantitative estimate of drug-likeness (QED) is 0.585. The number of rotatable bonds is 4. The van der Waals surface area contributed by atoms with E-state index in [0.717, 1.165) is 0 Å². The van der Waals surface area contributed by atoms with Gasteiger partial charge < -0.3 is 9.47 Å². The maximum absolute atomic E-state index is 12.7. The standard InChI is InChI=1S/C16H18N4O5S/c1-17-8-2-3-15(17)16(21)18-9-11-19(12-10-18)26(24,25)14-6-4-13(5-7-14)20(22)23/h2-8H,9-12H2,1H3. The molecule has 0 aliphatic carbocycles. The molecule has 1 aromatic heterocycles. The molecule has 1 aromatic carbocycles. The first kappa shape index (κ1) is 18.1. The van der Waals surface area contributed by atoms with Crippen LogP contribution >= 0.6 is 0 Å². The van der Waals surface area contributed by atoms with Gasteiger partial charge in [0.15, 0.2) is 0 Å². The van der Waals surface area contributed by atoms with Gasteiger partial charge in [-0.3, -0.25) is 14.9 Å². The van der Waals surface area contributed by atoms with Gasteiger partial charge in [-0.1, -0.05) is 0 Å². The van der Waals surface area contributed by atoms with E-state index in [1.165, 1.54) is 28.6 Å². The van der Waals surface area contributed by atoms with Gasteiger partial charge in [0.05, 0.1) is 9.82 Å². The Morgan fingerprint density at radius 2 is 1.69 bits per heavy atom. The van der Waals surface area contributed by atoms with Crippen LogP contribution in [0.4, 0.5) is 5.69 Å². The van der Waals surface area contributed by atoms with E-state index in [2.05, 4.69) is 0 Å². The second-order valence-electron chi connectivity index (χ2n) is 5.95. The summed E-state index contributed by atoms with van der Waals surface area (Å²) < 4.78 is 28.4. The van der Waals surface area contributed by atoms with Crippen molar-refractivity contribution in [1.29, 1.82) is 0 Å². The van der Waals surface area contributed by atoms with Crippen LogP contribution in [0.3, 0.4) is 0 Å². The van der Waals surface area contributed by atoms with Gasteiger partial charge in [-0.2, -0.15) is 4.31 Å². The molecule has 1 amide bonds. The number of nitro groups is 1. The van der Waals surface area contributed by atoms with E-state index in [1.54, 1.807) is 34.8 Å². The van der Waals surface area contributed by atoms with Crippen LogP contribution in [0.2, 0.25) is 0 Å². The van der Waals surface area contributed by atoms with Gasteiger partial charge in [0.25, 0.3) is 11.6 Å². The molecule has 2 heterocycles. The summed E-state index contributed by atoms with van der Waals surface area (Å²) in [7, 11) is -1.97. The Morgan fingerprint density at radius 1 is 1.08 bits per heavy atom. The zero-order valence-electron chi connectivity index (χ0n) is 14.1. The minimum atomic E-state index is -3.75. The summed E-state index contributed by atoms with van der Waals surface area (Å²) >= 11 is 0. The molecule has 1 saturated heterocycles. The lowest BCUT2D eigenvalue weighted by molar-refractivity contribution is -0.384. The van der Waals surface area contributed by atoms with Crippen molar-refractivity contribution in [3.63, 3.8) is 0 Å². The summed E-state index contributed by atoms with van der Waals surface area (Å²) in [5.74, 6) is -0.134. The Balaban J connectivity index is 1.69. The van der Waals surface area contributed by atoms with Crippen LogP contribution in [-0.2, 0) is 17.1 Å². The van der Waals surface area contributed by atoms with Crippen LogP contribution in [0.25, 0.3) is 0 Å². The molecule has 0 N–H and O–H groups in total. The van der Waals surface area contributed by atoms with Crippen LogP contribution in [0.15, 0.2) is 47.5 Å². The number of nitro benzene ring substituents is 1. The lowest BCUT2D eigenvalue weighted by Crippen LogP contribution is -2.50. The number of amides is 1. The first-order chi connectivity index (χ1) is 12.3. The van der Waals surface area contributed by atoms with Crippen LogP contribution < -0.4 is 0 Å². The first-order valence-electron chi connectivity index (χ1n) is 7.96. The largest absolute Gasteiger partial charge is 0.347 e. The van der Waals surface area contributed by atoms with Gasteiger partial charge >= 0.3 is 0 Å². The number of aryl methyl sites for hydroxylation is 1. The Bertz CT molecular complexity index is 928. The molecule has 1 aliphatic heterocycles. The van der Waals surface area contributed by atoms with Crippen molar-refractivity contribution in [1.82, 2.24) is 13.8 Å². The highest BCUT2D eigenvalue weighted by Gasteiger charge is 2.31. The Kier molecular flexibility index (Phi) is 4.79. The molecule has 0 radical (unpaired) electrons. The zero-order valence-corrected chi connectivity index (χ0v) is 14.9. The maximum atomic E-state index is 12.7. The third-order valence-electron chi connectivity index (χ3n) is 4.37. The predicted octanol–water partition coefficient (Wildman–Crippen LogP) is 1.08. The molecule has 1 aliphatic rings. The summed E-state index contributed by atoms with van der Waals surface area (Å²) in [5, 5.41) is 10.7. The molecule has 0 saturated carbocycles. The zero-order chi connectivity index (χ0) is 18.9. The highest BCUT2D eigenvalue weighted by molar-refractivity contribution is 7.89. The fraction of sp³-hybridized carbons (Fsp3) is 0.312. The van der Waals surface area contributed by atoms with E-state index in [-0.39, 0.29) is 42.7 Å². The molecule has 0 spiro atoms. The van der Waals surface area contributed by atoms with Crippen molar-refractivity contribution < 1.29 is 18.1 Å². The number of carbonyl (C=O) groups is 1. The molecule has 1 fully saturated rings. The summed E-state index contributed by atoms with van der Waals surface area (Å²) in [6.45, 7) is 0.928. The molecular weight excluding hydrogens is 360 g/mol. The van der Waals surface area contributed by atoms with Crippen molar-refractivity contribution in [3.8, 4) is 0 Å². The van der Waals surface area contributed by atoms with Crippen LogP contribution in [0.5, 0.6) is 0 Å². The number of hydrogen-bond acceptors (Lipinski definition) is 5. The fourth-order valence-electron chi connectivity index (χ4n) is 2.87. The van der Waals surface area contributed by atoms with Crippen LogP contribution in [0.1, 0.15) is 10.5 Å². The maximum Gasteiger partial charge on any atom is 0.270 e. The van der Waals surface area contributed by atoms with E-state index in [4.69, 9.17) is 0 Å². The van der Waals surface area contributed by atoms with Gasteiger partial charge in [-0.15, -0.1) is 0 Å². The monoisotopic (exact) mass is 378 g/mol. The van der Waals surface area contributed by atoms with Crippen molar-refractivity contribution in [2.45, 2.75) is 4.90 Å². The molecule has 10 heteroatoms. The molecule has 3 rings (SSSR count). The van der Waals surface area contributed by atoms with Crippen molar-refractivity contribution >= 4 is 21.6 Å². The average Bonchev–Trinajstić information content (AvgIpc) is 3.07. The van der Waals surface area contributed by atoms with E-state index < -0.39 is 14.9 Å². The molecular formula is C16H18N4O5S. The van der Waals surface area contributed by atoms with E-state index in [9.17, 15) is 23.3 Å². The van der Waals surface area contributed by atoms with Crippen molar-refractivity contribution in [2.24, 2.45) is 7.05 Å². The SMILES string of the molecule is Cn1cccc1C(=O)N1CCN(S(=O)(=O)c2ccc([N+](=O)[O-])cc2)CC1. The number of nitrogens with zero attached hydrogens (tertiary/aromatic N) is 4. The predicted molar refractivity (Wildman–Crippen MR) is 93.2 cm³/mol. The molecule has 0 bridgehead atoms. The van der Waals surface area contributed by atoms with Crippen molar-refractivity contribution in [2.75, 3.05) is 26.2 Å². The number of piperazine rings is 1. The molecule has 9 nitrogen and oxygen atoms in total. The third-order valence-corrected chi connectivity index (χ3v) is 6.29. The number of benzene rings is 1. The molecule has 2 aromatic rings. The normalized spacial score (nSPS) is 15.8. The second kappa shape index (κ2) is 6.89. The van der Waals surface area contributed by atoms with Gasteiger partial charge in [0.2, 0.25) is 10.0 Å². The number of sulfonamides is 1. The van der Waals surface area contributed by atoms with Gasteiger partial charge in [0.1, 0.15) is 5.69 Å². The summed E-state index contributed by atoms with van der Waals surface area (Å²) in [6.07, 6.45) is 1.78. The highest BCUT2D eigenvalue weighted by atomic mass is 32.2. The molecule has 26 heavy (non-hydrogen) atoms. The van der Waals surface area contributed by atoms with Gasteiger partial charge in [0, 0.05) is 51.6 Å². The second-order valence-corrected chi connectivity index (χ2v) is 7.89. The Labute approximate surface area is 150 Å². The summed E-state index contributed by atoms with van der Waals surface area (Å²) in [6, 6.07) is 8.30. The molecule has 138 valence electrons. The van der Waals surface area contributed by atoms with Crippen LogP contribution in [-0.4, -0.2) is 59.2 Å². The average molecular weight is 378 g/mol. The fourth-order valence-corrected chi connectivity index (χ4v) is 4.29. The highest BCUT2D eigenvalue weighted by Crippen LogP contribution is 2.21. The number of carbonyl (C=O) groups excluding carboxylic acids is 1. The van der Waals surface area contributed by atoms with E-state index >= 15 is 0 Å². The van der Waals surface area contributed by atoms with Crippen LogP contribution in [0, 0.1) is 10.1 Å². The summed E-state index contributed by atoms with van der Waals surface area (Å²) in [4.78, 5) is 24.2. The topological polar surface area (TPSA) is 106 Å². The molecule has 0 unspecified atom stereocenters. The van der Waals surface area contributed by atoms with E-state index in [1.807, 2.05) is 0 Å². The number of non-ortho nitro benzene ring substituents is 1. The summed E-state index contributed by atoms with van der Waals surface area (Å²) in [5.41, 5.74) is 0.388. The third kappa shape index (κ3) is 3.33.